The van der Waals surface area contributed by atoms with Crippen LogP contribution in [-0.2, 0) is 18.3 Å². The molecule has 0 spiro atoms. The predicted molar refractivity (Wildman–Crippen MR) is 99.8 cm³/mol. The summed E-state index contributed by atoms with van der Waals surface area (Å²) in [6, 6.07) is 9.43. The molecular formula is C18H20N4O2S. The number of hydrogen-bond acceptors (Lipinski definition) is 5. The first-order valence-electron chi connectivity index (χ1n) is 7.93. The van der Waals surface area contributed by atoms with Gasteiger partial charge in [-0.15, -0.1) is 0 Å². The Bertz CT molecular complexity index is 843. The second-order valence-electron chi connectivity index (χ2n) is 5.54. The first-order valence-corrected chi connectivity index (χ1v) is 8.88. The van der Waals surface area contributed by atoms with Gasteiger partial charge in [0.05, 0.1) is 12.1 Å². The molecular weight excluding hydrogens is 336 g/mol. The molecule has 0 radical (unpaired) electrons. The molecule has 0 aliphatic carbocycles. The van der Waals surface area contributed by atoms with Crippen molar-refractivity contribution in [3.05, 3.63) is 52.9 Å². The fourth-order valence-corrected chi connectivity index (χ4v) is 3.19. The molecule has 0 saturated heterocycles. The van der Waals surface area contributed by atoms with Crippen molar-refractivity contribution in [2.45, 2.75) is 6.42 Å². The second kappa shape index (κ2) is 7.96. The van der Waals surface area contributed by atoms with E-state index >= 15 is 0 Å². The zero-order valence-electron chi connectivity index (χ0n) is 13.9. The van der Waals surface area contributed by atoms with Gasteiger partial charge in [0.1, 0.15) is 12.4 Å². The van der Waals surface area contributed by atoms with Crippen LogP contribution in [0.3, 0.4) is 0 Å². The van der Waals surface area contributed by atoms with Crippen molar-refractivity contribution in [3.8, 4) is 17.0 Å². The van der Waals surface area contributed by atoms with Gasteiger partial charge in [-0.1, -0.05) is 0 Å². The molecule has 2 aromatic heterocycles. The van der Waals surface area contributed by atoms with Crippen LogP contribution in [0.1, 0.15) is 5.56 Å². The van der Waals surface area contributed by atoms with Crippen LogP contribution in [0.15, 0.2) is 47.3 Å². The van der Waals surface area contributed by atoms with Crippen LogP contribution in [0, 0.1) is 0 Å². The Hall–Kier alpha value is -2.64. The second-order valence-corrected chi connectivity index (χ2v) is 6.32. The zero-order chi connectivity index (χ0) is 17.6. The molecule has 3 rings (SSSR count). The summed E-state index contributed by atoms with van der Waals surface area (Å²) in [7, 11) is 1.86. The van der Waals surface area contributed by atoms with E-state index in [0.717, 1.165) is 22.5 Å². The third-order valence-electron chi connectivity index (χ3n) is 3.68. The Labute approximate surface area is 150 Å². The molecule has 3 aromatic rings. The van der Waals surface area contributed by atoms with Crippen LogP contribution in [-0.4, -0.2) is 28.8 Å². The molecule has 0 aliphatic rings. The number of benzene rings is 1. The Morgan fingerprint density at radius 3 is 2.92 bits per heavy atom. The number of rotatable bonds is 7. The maximum absolute atomic E-state index is 12.2. The molecule has 25 heavy (non-hydrogen) atoms. The molecule has 130 valence electrons. The number of amides is 1. The smallest absolute Gasteiger partial charge is 0.228 e. The summed E-state index contributed by atoms with van der Waals surface area (Å²) < 4.78 is 7.50. The molecule has 6 nitrogen and oxygen atoms in total. The fraction of sp³-hybridized carbons (Fsp3) is 0.222. The molecule has 0 bridgehead atoms. The van der Waals surface area contributed by atoms with Gasteiger partial charge >= 0.3 is 0 Å². The van der Waals surface area contributed by atoms with E-state index in [9.17, 15) is 4.79 Å². The molecule has 1 amide bonds. The maximum Gasteiger partial charge on any atom is 0.228 e. The lowest BCUT2D eigenvalue weighted by Gasteiger charge is -2.13. The summed E-state index contributed by atoms with van der Waals surface area (Å²) in [5.41, 5.74) is 9.03. The highest BCUT2D eigenvalue weighted by molar-refractivity contribution is 7.08. The van der Waals surface area contributed by atoms with Crippen LogP contribution in [0.5, 0.6) is 5.75 Å². The van der Waals surface area contributed by atoms with Gasteiger partial charge in [0.2, 0.25) is 5.91 Å². The fourth-order valence-electron chi connectivity index (χ4n) is 2.52. The Kier molecular flexibility index (Phi) is 5.47. The number of aromatic nitrogens is 2. The number of aryl methyl sites for hydroxylation is 1. The molecule has 2 heterocycles. The van der Waals surface area contributed by atoms with Gasteiger partial charge in [-0.2, -0.15) is 16.4 Å². The van der Waals surface area contributed by atoms with Gasteiger partial charge in [-0.3, -0.25) is 9.48 Å². The number of carbonyl (C=O) groups excluding carboxylic acids is 1. The van der Waals surface area contributed by atoms with Gasteiger partial charge < -0.3 is 15.8 Å². The van der Waals surface area contributed by atoms with Crippen LogP contribution >= 0.6 is 11.3 Å². The SMILES string of the molecule is Cn1nccc1-c1cc(NC(=O)Cc2ccsc2)ccc1OCCN. The monoisotopic (exact) mass is 356 g/mol. The minimum Gasteiger partial charge on any atom is -0.492 e. The summed E-state index contributed by atoms with van der Waals surface area (Å²) in [4.78, 5) is 12.2. The number of hydrogen-bond donors (Lipinski definition) is 2. The lowest BCUT2D eigenvalue weighted by molar-refractivity contribution is -0.115. The predicted octanol–water partition coefficient (Wildman–Crippen LogP) is 2.67. The minimum absolute atomic E-state index is 0.0509. The van der Waals surface area contributed by atoms with Crippen LogP contribution in [0.4, 0.5) is 5.69 Å². The molecule has 0 atom stereocenters. The molecule has 0 fully saturated rings. The highest BCUT2D eigenvalue weighted by atomic mass is 32.1. The minimum atomic E-state index is -0.0509. The van der Waals surface area contributed by atoms with E-state index < -0.39 is 0 Å². The highest BCUT2D eigenvalue weighted by Crippen LogP contribution is 2.32. The van der Waals surface area contributed by atoms with Gasteiger partial charge in [-0.05, 0) is 46.7 Å². The summed E-state index contributed by atoms with van der Waals surface area (Å²) in [6.45, 7) is 0.860. The number of nitrogens with zero attached hydrogens (tertiary/aromatic N) is 2. The van der Waals surface area contributed by atoms with E-state index in [1.807, 2.05) is 48.1 Å². The topological polar surface area (TPSA) is 82.2 Å². The van der Waals surface area contributed by atoms with Crippen molar-refractivity contribution in [2.24, 2.45) is 12.8 Å². The molecule has 0 unspecified atom stereocenters. The van der Waals surface area contributed by atoms with Gasteiger partial charge in [0, 0.05) is 31.0 Å². The van der Waals surface area contributed by atoms with Crippen LogP contribution in [0.2, 0.25) is 0 Å². The maximum atomic E-state index is 12.2. The molecule has 0 saturated carbocycles. The summed E-state index contributed by atoms with van der Waals surface area (Å²) >= 11 is 1.58. The third-order valence-corrected chi connectivity index (χ3v) is 4.41. The standard InChI is InChI=1S/C18H20N4O2S/c1-22-16(4-7-20-22)15-11-14(2-3-17(15)24-8-6-19)21-18(23)10-13-5-9-25-12-13/h2-5,7,9,11-12H,6,8,10,19H2,1H3,(H,21,23). The number of thiophene rings is 1. The van der Waals surface area contributed by atoms with E-state index in [-0.39, 0.29) is 5.91 Å². The number of nitrogens with two attached hydrogens (primary N) is 1. The first kappa shape index (κ1) is 17.2. The van der Waals surface area contributed by atoms with Crippen LogP contribution in [0.25, 0.3) is 11.3 Å². The summed E-state index contributed by atoms with van der Waals surface area (Å²) in [5.74, 6) is 0.662. The number of anilines is 1. The summed E-state index contributed by atoms with van der Waals surface area (Å²) in [6.07, 6.45) is 2.08. The Balaban J connectivity index is 1.83. The van der Waals surface area contributed by atoms with E-state index in [4.69, 9.17) is 10.5 Å². The van der Waals surface area contributed by atoms with E-state index in [0.29, 0.717) is 25.3 Å². The number of carbonyl (C=O) groups is 1. The van der Waals surface area contributed by atoms with Gasteiger partial charge in [0.25, 0.3) is 0 Å². The third kappa shape index (κ3) is 4.26. The lowest BCUT2D eigenvalue weighted by atomic mass is 10.1. The number of nitrogens with one attached hydrogen (secondary N) is 1. The van der Waals surface area contributed by atoms with Crippen LogP contribution < -0.4 is 15.8 Å². The van der Waals surface area contributed by atoms with Gasteiger partial charge in [0.15, 0.2) is 0 Å². The molecule has 7 heteroatoms. The lowest BCUT2D eigenvalue weighted by Crippen LogP contribution is -2.14. The average Bonchev–Trinajstić information content (AvgIpc) is 3.25. The number of ether oxygens (including phenoxy) is 1. The summed E-state index contributed by atoms with van der Waals surface area (Å²) in [5, 5.41) is 11.1. The molecule has 1 aromatic carbocycles. The van der Waals surface area contributed by atoms with Crippen molar-refractivity contribution >= 4 is 22.9 Å². The van der Waals surface area contributed by atoms with E-state index in [2.05, 4.69) is 10.4 Å². The molecule has 0 aliphatic heterocycles. The van der Waals surface area contributed by atoms with E-state index in [1.54, 1.807) is 22.2 Å². The van der Waals surface area contributed by atoms with E-state index in [1.165, 1.54) is 0 Å². The van der Waals surface area contributed by atoms with Crippen molar-refractivity contribution in [1.29, 1.82) is 0 Å². The quantitative estimate of drug-likeness (QED) is 0.682. The van der Waals surface area contributed by atoms with Crippen molar-refractivity contribution in [2.75, 3.05) is 18.5 Å². The van der Waals surface area contributed by atoms with Crippen molar-refractivity contribution in [3.63, 3.8) is 0 Å². The largest absolute Gasteiger partial charge is 0.492 e. The Morgan fingerprint density at radius 1 is 1.36 bits per heavy atom. The normalized spacial score (nSPS) is 10.6. The average molecular weight is 356 g/mol. The Morgan fingerprint density at radius 2 is 2.24 bits per heavy atom. The first-order chi connectivity index (χ1) is 12.2. The van der Waals surface area contributed by atoms with Crippen molar-refractivity contribution in [1.82, 2.24) is 9.78 Å². The van der Waals surface area contributed by atoms with Crippen molar-refractivity contribution < 1.29 is 9.53 Å². The molecule has 3 N–H and O–H groups in total. The zero-order valence-corrected chi connectivity index (χ0v) is 14.8. The highest BCUT2D eigenvalue weighted by Gasteiger charge is 2.13. The van der Waals surface area contributed by atoms with Gasteiger partial charge in [-0.25, -0.2) is 0 Å².